The molecule has 4 aromatic rings. The van der Waals surface area contributed by atoms with E-state index >= 15 is 0 Å². The van der Waals surface area contributed by atoms with Crippen LogP contribution in [-0.2, 0) is 11.3 Å². The maximum atomic E-state index is 12.7. The van der Waals surface area contributed by atoms with Gasteiger partial charge < -0.3 is 19.6 Å². The number of ether oxygens (including phenoxy) is 1. The zero-order chi connectivity index (χ0) is 25.8. The van der Waals surface area contributed by atoms with Crippen molar-refractivity contribution in [3.05, 3.63) is 89.9 Å². The molecule has 190 valence electrons. The summed E-state index contributed by atoms with van der Waals surface area (Å²) >= 11 is 0. The van der Waals surface area contributed by atoms with E-state index < -0.39 is 5.97 Å². The van der Waals surface area contributed by atoms with Crippen molar-refractivity contribution < 1.29 is 19.4 Å². The van der Waals surface area contributed by atoms with Gasteiger partial charge in [0.2, 0.25) is 0 Å². The van der Waals surface area contributed by atoms with Crippen LogP contribution in [0.5, 0.6) is 5.75 Å². The van der Waals surface area contributed by atoms with E-state index in [1.54, 1.807) is 13.3 Å². The SMILES string of the molecule is COc1ccccc1CNC(=O)c1cn2cc(-c3ccc(C4CCC(CC(=O)O)CC4)cc3)ccc2n1. The lowest BCUT2D eigenvalue weighted by Crippen LogP contribution is -2.23. The highest BCUT2D eigenvalue weighted by atomic mass is 16.5. The topological polar surface area (TPSA) is 92.9 Å². The molecule has 0 saturated heterocycles. The zero-order valence-corrected chi connectivity index (χ0v) is 20.9. The Morgan fingerprint density at radius 2 is 1.70 bits per heavy atom. The molecule has 0 spiro atoms. The van der Waals surface area contributed by atoms with Crippen molar-refractivity contribution in [3.63, 3.8) is 0 Å². The Hall–Kier alpha value is -4.13. The average molecular weight is 498 g/mol. The molecule has 0 atom stereocenters. The number of fused-ring (bicyclic) bond motifs is 1. The highest BCUT2D eigenvalue weighted by Crippen LogP contribution is 2.37. The zero-order valence-electron chi connectivity index (χ0n) is 20.9. The molecule has 0 radical (unpaired) electrons. The number of carboxylic acids is 1. The Balaban J connectivity index is 1.24. The van der Waals surface area contributed by atoms with Crippen molar-refractivity contribution in [2.75, 3.05) is 7.11 Å². The van der Waals surface area contributed by atoms with E-state index in [9.17, 15) is 9.59 Å². The quantitative estimate of drug-likeness (QED) is 0.326. The second-order valence-electron chi connectivity index (χ2n) is 9.74. The van der Waals surface area contributed by atoms with Gasteiger partial charge in [-0.25, -0.2) is 4.98 Å². The number of pyridine rings is 1. The van der Waals surface area contributed by atoms with E-state index in [0.717, 1.165) is 48.1 Å². The van der Waals surface area contributed by atoms with Gasteiger partial charge in [0.15, 0.2) is 0 Å². The van der Waals surface area contributed by atoms with Gasteiger partial charge in [-0.3, -0.25) is 9.59 Å². The van der Waals surface area contributed by atoms with Crippen molar-refractivity contribution in [1.29, 1.82) is 0 Å². The van der Waals surface area contributed by atoms with Gasteiger partial charge in [0.25, 0.3) is 5.91 Å². The molecule has 5 rings (SSSR count). The van der Waals surface area contributed by atoms with Crippen molar-refractivity contribution in [1.82, 2.24) is 14.7 Å². The van der Waals surface area contributed by atoms with Gasteiger partial charge >= 0.3 is 5.97 Å². The van der Waals surface area contributed by atoms with E-state index in [0.29, 0.717) is 29.7 Å². The van der Waals surface area contributed by atoms with Gasteiger partial charge in [-0.1, -0.05) is 42.5 Å². The van der Waals surface area contributed by atoms with Crippen LogP contribution in [0.4, 0.5) is 0 Å². The molecular weight excluding hydrogens is 466 g/mol. The Bertz CT molecular complexity index is 1400. The molecule has 0 bridgehead atoms. The molecule has 1 aliphatic carbocycles. The number of nitrogens with zero attached hydrogens (tertiary/aromatic N) is 2. The van der Waals surface area contributed by atoms with E-state index in [1.165, 1.54) is 5.56 Å². The van der Waals surface area contributed by atoms with Gasteiger partial charge in [0.05, 0.1) is 7.11 Å². The fraction of sp³-hybridized carbons (Fsp3) is 0.300. The molecule has 37 heavy (non-hydrogen) atoms. The van der Waals surface area contributed by atoms with Crippen LogP contribution in [0.15, 0.2) is 73.1 Å². The summed E-state index contributed by atoms with van der Waals surface area (Å²) in [7, 11) is 1.61. The summed E-state index contributed by atoms with van der Waals surface area (Å²) < 4.78 is 7.23. The molecule has 0 aliphatic heterocycles. The fourth-order valence-electron chi connectivity index (χ4n) is 5.28. The monoisotopic (exact) mass is 497 g/mol. The van der Waals surface area contributed by atoms with Gasteiger partial charge in [0.1, 0.15) is 17.1 Å². The lowest BCUT2D eigenvalue weighted by atomic mass is 9.77. The molecule has 7 nitrogen and oxygen atoms in total. The first kappa shape index (κ1) is 24.6. The number of nitrogens with one attached hydrogen (secondary N) is 1. The van der Waals surface area contributed by atoms with Crippen molar-refractivity contribution >= 4 is 17.5 Å². The molecule has 2 heterocycles. The predicted molar refractivity (Wildman–Crippen MR) is 142 cm³/mol. The molecule has 2 N–H and O–H groups in total. The molecule has 1 amide bonds. The van der Waals surface area contributed by atoms with E-state index in [4.69, 9.17) is 9.84 Å². The number of methoxy groups -OCH3 is 1. The third kappa shape index (κ3) is 5.66. The molecular formula is C30H31N3O4. The minimum atomic E-state index is -0.691. The summed E-state index contributed by atoms with van der Waals surface area (Å²) in [6.45, 7) is 0.357. The van der Waals surface area contributed by atoms with Crippen LogP contribution in [0.1, 0.15) is 59.6 Å². The normalized spacial score (nSPS) is 17.4. The molecule has 7 heteroatoms. The van der Waals surface area contributed by atoms with Crippen LogP contribution >= 0.6 is 0 Å². The molecule has 1 aliphatic rings. The number of carbonyl (C=O) groups is 2. The number of hydrogen-bond acceptors (Lipinski definition) is 4. The Morgan fingerprint density at radius 3 is 2.43 bits per heavy atom. The number of imidazole rings is 1. The van der Waals surface area contributed by atoms with Crippen molar-refractivity contribution in [3.8, 4) is 16.9 Å². The first-order chi connectivity index (χ1) is 18.0. The number of hydrogen-bond donors (Lipinski definition) is 2. The van der Waals surface area contributed by atoms with Crippen LogP contribution in [0, 0.1) is 5.92 Å². The number of aromatic nitrogens is 2. The van der Waals surface area contributed by atoms with Crippen LogP contribution in [0.2, 0.25) is 0 Å². The van der Waals surface area contributed by atoms with E-state index in [-0.39, 0.29) is 12.3 Å². The predicted octanol–water partition coefficient (Wildman–Crippen LogP) is 5.69. The number of rotatable bonds is 8. The molecule has 0 unspecified atom stereocenters. The van der Waals surface area contributed by atoms with Crippen molar-refractivity contribution in [2.24, 2.45) is 5.92 Å². The minimum absolute atomic E-state index is 0.237. The number of carbonyl (C=O) groups excluding carboxylic acids is 1. The highest BCUT2D eigenvalue weighted by Gasteiger charge is 2.24. The molecule has 2 aromatic heterocycles. The summed E-state index contributed by atoms with van der Waals surface area (Å²) in [6.07, 6.45) is 8.06. The number of para-hydroxylation sites is 1. The molecule has 1 saturated carbocycles. The summed E-state index contributed by atoms with van der Waals surface area (Å²) in [5.41, 5.74) is 5.43. The Kier molecular flexibility index (Phi) is 7.21. The van der Waals surface area contributed by atoms with Gasteiger partial charge in [-0.15, -0.1) is 0 Å². The van der Waals surface area contributed by atoms with Gasteiger partial charge in [-0.05, 0) is 72.4 Å². The van der Waals surface area contributed by atoms with Crippen LogP contribution in [0.25, 0.3) is 16.8 Å². The number of carboxylic acid groups (broad SMARTS) is 1. The van der Waals surface area contributed by atoms with E-state index in [2.05, 4.69) is 34.6 Å². The largest absolute Gasteiger partial charge is 0.496 e. The molecule has 1 fully saturated rings. The lowest BCUT2D eigenvalue weighted by molar-refractivity contribution is -0.138. The standard InChI is InChI=1S/C30H31N3O4/c1-37-27-5-3-2-4-24(27)17-31-30(36)26-19-33-18-25(14-15-28(33)32-26)23-12-10-22(11-13-23)21-8-6-20(7-9-21)16-29(34)35/h2-5,10-15,18-21H,6-9,16-17H2,1H3,(H,31,36)(H,34,35). The number of aliphatic carboxylic acids is 1. The fourth-order valence-corrected chi connectivity index (χ4v) is 5.28. The highest BCUT2D eigenvalue weighted by molar-refractivity contribution is 5.93. The smallest absolute Gasteiger partial charge is 0.303 e. The second kappa shape index (κ2) is 10.9. The van der Waals surface area contributed by atoms with E-state index in [1.807, 2.05) is 47.0 Å². The third-order valence-electron chi connectivity index (χ3n) is 7.34. The maximum Gasteiger partial charge on any atom is 0.303 e. The third-order valence-corrected chi connectivity index (χ3v) is 7.34. The van der Waals surface area contributed by atoms with Crippen LogP contribution in [-0.4, -0.2) is 33.5 Å². The lowest BCUT2D eigenvalue weighted by Gasteiger charge is -2.28. The average Bonchev–Trinajstić information content (AvgIpc) is 3.36. The van der Waals surface area contributed by atoms with Crippen LogP contribution in [0.3, 0.4) is 0 Å². The first-order valence-electron chi connectivity index (χ1n) is 12.7. The molecule has 2 aromatic carbocycles. The maximum absolute atomic E-state index is 12.7. The number of benzene rings is 2. The van der Waals surface area contributed by atoms with Gasteiger partial charge in [0, 0.05) is 30.9 Å². The Morgan fingerprint density at radius 1 is 0.973 bits per heavy atom. The number of amides is 1. The summed E-state index contributed by atoms with van der Waals surface area (Å²) in [5.74, 6) is 0.608. The van der Waals surface area contributed by atoms with Crippen molar-refractivity contribution in [2.45, 2.75) is 44.6 Å². The first-order valence-corrected chi connectivity index (χ1v) is 12.7. The summed E-state index contributed by atoms with van der Waals surface area (Å²) in [5, 5.41) is 12.0. The Labute approximate surface area is 216 Å². The van der Waals surface area contributed by atoms with Gasteiger partial charge in [-0.2, -0.15) is 0 Å². The second-order valence-corrected chi connectivity index (χ2v) is 9.74. The summed E-state index contributed by atoms with van der Waals surface area (Å²) in [6, 6.07) is 20.2. The summed E-state index contributed by atoms with van der Waals surface area (Å²) in [4.78, 5) is 28.2. The van der Waals surface area contributed by atoms with Crippen LogP contribution < -0.4 is 10.1 Å². The minimum Gasteiger partial charge on any atom is -0.496 e.